The van der Waals surface area contributed by atoms with Crippen molar-refractivity contribution in [1.82, 2.24) is 5.32 Å². The Labute approximate surface area is 121 Å². The zero-order chi connectivity index (χ0) is 14.2. The summed E-state index contributed by atoms with van der Waals surface area (Å²) in [5, 5.41) is 3.52. The summed E-state index contributed by atoms with van der Waals surface area (Å²) in [6.45, 7) is 1.82. The first-order chi connectivity index (χ1) is 9.85. The van der Waals surface area contributed by atoms with Crippen LogP contribution >= 0.6 is 0 Å². The maximum Gasteiger partial charge on any atom is 0.203 e. The Hall–Kier alpha value is -1.42. The molecule has 1 saturated carbocycles. The van der Waals surface area contributed by atoms with Crippen LogP contribution in [0.25, 0.3) is 0 Å². The molecular weight excluding hydrogens is 254 g/mol. The Balaban J connectivity index is 1.67. The molecule has 1 aliphatic carbocycles. The van der Waals surface area contributed by atoms with Gasteiger partial charge in [0.15, 0.2) is 11.5 Å². The molecule has 112 valence electrons. The summed E-state index contributed by atoms with van der Waals surface area (Å²) in [7, 11) is 3.29. The molecule has 0 aromatic heterocycles. The van der Waals surface area contributed by atoms with E-state index >= 15 is 0 Å². The van der Waals surface area contributed by atoms with E-state index in [0.717, 1.165) is 30.5 Å². The van der Waals surface area contributed by atoms with Gasteiger partial charge in [0.2, 0.25) is 5.75 Å². The summed E-state index contributed by atoms with van der Waals surface area (Å²) in [5.74, 6) is 2.15. The molecule has 4 nitrogen and oxygen atoms in total. The van der Waals surface area contributed by atoms with Crippen molar-refractivity contribution in [2.45, 2.75) is 38.1 Å². The third kappa shape index (κ3) is 4.60. The lowest BCUT2D eigenvalue weighted by Crippen LogP contribution is -2.17. The van der Waals surface area contributed by atoms with E-state index in [1.807, 2.05) is 18.2 Å². The lowest BCUT2D eigenvalue weighted by molar-refractivity contribution is 0.267. The molecule has 20 heavy (non-hydrogen) atoms. The minimum absolute atomic E-state index is 0.695. The number of nitrogens with one attached hydrogen (secondary N) is 1. The minimum atomic E-state index is 0.695. The van der Waals surface area contributed by atoms with Crippen LogP contribution in [0.5, 0.6) is 17.2 Å². The third-order valence-electron chi connectivity index (χ3n) is 3.46. The second-order valence-electron chi connectivity index (χ2n) is 5.13. The van der Waals surface area contributed by atoms with Crippen LogP contribution in [0.3, 0.4) is 0 Å². The lowest BCUT2D eigenvalue weighted by Gasteiger charge is -2.14. The van der Waals surface area contributed by atoms with Crippen LogP contribution in [-0.2, 0) is 0 Å². The molecule has 1 aliphatic rings. The number of unbranched alkanes of at least 4 members (excludes halogenated alkanes) is 2. The highest BCUT2D eigenvalue weighted by Crippen LogP contribution is 2.36. The molecule has 2 rings (SSSR count). The molecule has 0 spiro atoms. The SMILES string of the molecule is COc1cccc(OC)c1OCCCCCNC1CC1. The normalized spacial score (nSPS) is 14.1. The molecule has 1 N–H and O–H groups in total. The van der Waals surface area contributed by atoms with Crippen molar-refractivity contribution in [2.75, 3.05) is 27.4 Å². The molecule has 0 bridgehead atoms. The summed E-state index contributed by atoms with van der Waals surface area (Å²) in [4.78, 5) is 0. The first kappa shape index (κ1) is 15.0. The lowest BCUT2D eigenvalue weighted by atomic mass is 10.2. The van der Waals surface area contributed by atoms with Gasteiger partial charge in [-0.05, 0) is 50.8 Å². The van der Waals surface area contributed by atoms with Gasteiger partial charge in [-0.3, -0.25) is 0 Å². The van der Waals surface area contributed by atoms with Gasteiger partial charge in [-0.2, -0.15) is 0 Å². The number of rotatable bonds is 10. The molecule has 0 radical (unpaired) electrons. The summed E-state index contributed by atoms with van der Waals surface area (Å²) in [5.41, 5.74) is 0. The van der Waals surface area contributed by atoms with Gasteiger partial charge in [0.25, 0.3) is 0 Å². The molecule has 0 amide bonds. The second-order valence-corrected chi connectivity index (χ2v) is 5.13. The molecule has 1 fully saturated rings. The average Bonchev–Trinajstić information content (AvgIpc) is 3.30. The number of para-hydroxylation sites is 1. The minimum Gasteiger partial charge on any atom is -0.493 e. The molecule has 0 atom stereocenters. The van der Waals surface area contributed by atoms with E-state index in [1.165, 1.54) is 25.7 Å². The maximum atomic E-state index is 5.82. The van der Waals surface area contributed by atoms with Crippen LogP contribution in [0.15, 0.2) is 18.2 Å². The van der Waals surface area contributed by atoms with E-state index in [9.17, 15) is 0 Å². The Morgan fingerprint density at radius 1 is 1.05 bits per heavy atom. The van der Waals surface area contributed by atoms with Crippen molar-refractivity contribution in [3.05, 3.63) is 18.2 Å². The molecule has 1 aromatic rings. The first-order valence-corrected chi connectivity index (χ1v) is 7.42. The van der Waals surface area contributed by atoms with E-state index in [2.05, 4.69) is 5.32 Å². The van der Waals surface area contributed by atoms with E-state index in [1.54, 1.807) is 14.2 Å². The number of methoxy groups -OCH3 is 2. The number of ether oxygens (including phenoxy) is 3. The molecule has 0 saturated heterocycles. The monoisotopic (exact) mass is 279 g/mol. The largest absolute Gasteiger partial charge is 0.493 e. The molecule has 4 heteroatoms. The Bertz CT molecular complexity index is 382. The molecule has 0 aliphatic heterocycles. The van der Waals surface area contributed by atoms with Crippen LogP contribution in [0, 0.1) is 0 Å². The van der Waals surface area contributed by atoms with Gasteiger partial charge in [0.05, 0.1) is 20.8 Å². The highest BCUT2D eigenvalue weighted by atomic mass is 16.5. The highest BCUT2D eigenvalue weighted by Gasteiger charge is 2.19. The molecule has 0 heterocycles. The van der Waals surface area contributed by atoms with Crippen LogP contribution in [-0.4, -0.2) is 33.4 Å². The summed E-state index contributed by atoms with van der Waals surface area (Å²) < 4.78 is 16.4. The van der Waals surface area contributed by atoms with Crippen molar-refractivity contribution in [1.29, 1.82) is 0 Å². The van der Waals surface area contributed by atoms with Crippen molar-refractivity contribution in [2.24, 2.45) is 0 Å². The quantitative estimate of drug-likeness (QED) is 0.668. The Morgan fingerprint density at radius 2 is 1.75 bits per heavy atom. The van der Waals surface area contributed by atoms with Crippen molar-refractivity contribution < 1.29 is 14.2 Å². The van der Waals surface area contributed by atoms with E-state index in [4.69, 9.17) is 14.2 Å². The maximum absolute atomic E-state index is 5.82. The van der Waals surface area contributed by atoms with Gasteiger partial charge < -0.3 is 19.5 Å². The van der Waals surface area contributed by atoms with Gasteiger partial charge in [-0.1, -0.05) is 6.07 Å². The van der Waals surface area contributed by atoms with Crippen LogP contribution in [0.2, 0.25) is 0 Å². The summed E-state index contributed by atoms with van der Waals surface area (Å²) in [6, 6.07) is 6.48. The van der Waals surface area contributed by atoms with Gasteiger partial charge in [0, 0.05) is 6.04 Å². The fourth-order valence-corrected chi connectivity index (χ4v) is 2.13. The smallest absolute Gasteiger partial charge is 0.203 e. The van der Waals surface area contributed by atoms with Gasteiger partial charge in [0.1, 0.15) is 0 Å². The Morgan fingerprint density at radius 3 is 2.35 bits per heavy atom. The van der Waals surface area contributed by atoms with E-state index in [0.29, 0.717) is 12.4 Å². The molecule has 0 unspecified atom stereocenters. The topological polar surface area (TPSA) is 39.7 Å². The average molecular weight is 279 g/mol. The zero-order valence-corrected chi connectivity index (χ0v) is 12.5. The van der Waals surface area contributed by atoms with Crippen molar-refractivity contribution >= 4 is 0 Å². The van der Waals surface area contributed by atoms with Crippen molar-refractivity contribution in [3.8, 4) is 17.2 Å². The fourth-order valence-electron chi connectivity index (χ4n) is 2.13. The van der Waals surface area contributed by atoms with Crippen LogP contribution in [0.1, 0.15) is 32.1 Å². The third-order valence-corrected chi connectivity index (χ3v) is 3.46. The fraction of sp³-hybridized carbons (Fsp3) is 0.625. The number of hydrogen-bond donors (Lipinski definition) is 1. The standard InChI is InChI=1S/C16H25NO3/c1-18-14-7-6-8-15(19-2)16(14)20-12-5-3-4-11-17-13-9-10-13/h6-8,13,17H,3-5,9-12H2,1-2H3. The predicted molar refractivity (Wildman–Crippen MR) is 79.9 cm³/mol. The zero-order valence-electron chi connectivity index (χ0n) is 12.5. The summed E-state index contributed by atoms with van der Waals surface area (Å²) in [6.07, 6.45) is 6.15. The molecule has 1 aromatic carbocycles. The first-order valence-electron chi connectivity index (χ1n) is 7.42. The number of hydrogen-bond acceptors (Lipinski definition) is 4. The number of benzene rings is 1. The predicted octanol–water partition coefficient (Wildman–Crippen LogP) is 3.00. The van der Waals surface area contributed by atoms with Gasteiger partial charge in [-0.25, -0.2) is 0 Å². The van der Waals surface area contributed by atoms with Crippen LogP contribution < -0.4 is 19.5 Å². The van der Waals surface area contributed by atoms with E-state index < -0.39 is 0 Å². The molecular formula is C16H25NO3. The van der Waals surface area contributed by atoms with Crippen molar-refractivity contribution in [3.63, 3.8) is 0 Å². The highest BCUT2D eigenvalue weighted by molar-refractivity contribution is 5.51. The second kappa shape index (κ2) is 8.00. The van der Waals surface area contributed by atoms with Gasteiger partial charge >= 0.3 is 0 Å². The summed E-state index contributed by atoms with van der Waals surface area (Å²) >= 11 is 0. The Kier molecular flexibility index (Phi) is 5.99. The van der Waals surface area contributed by atoms with Crippen LogP contribution in [0.4, 0.5) is 0 Å². The van der Waals surface area contributed by atoms with E-state index in [-0.39, 0.29) is 0 Å². The van der Waals surface area contributed by atoms with Gasteiger partial charge in [-0.15, -0.1) is 0 Å².